The SMILES string of the molecule is COCCNC(C)c1ccc(S(C)(=O)=O)cc1. The largest absolute Gasteiger partial charge is 0.383 e. The first-order chi connectivity index (χ1) is 7.95. The van der Waals surface area contributed by atoms with Gasteiger partial charge in [0.05, 0.1) is 11.5 Å². The summed E-state index contributed by atoms with van der Waals surface area (Å²) in [5.74, 6) is 0. The molecule has 0 saturated carbocycles. The van der Waals surface area contributed by atoms with Gasteiger partial charge in [0, 0.05) is 26.0 Å². The molecule has 0 aliphatic carbocycles. The lowest BCUT2D eigenvalue weighted by Gasteiger charge is -2.14. The first kappa shape index (κ1) is 14.2. The number of hydrogen-bond acceptors (Lipinski definition) is 4. The zero-order valence-corrected chi connectivity index (χ0v) is 11.3. The fourth-order valence-corrected chi connectivity index (χ4v) is 2.13. The van der Waals surface area contributed by atoms with Gasteiger partial charge in [-0.2, -0.15) is 0 Å². The van der Waals surface area contributed by atoms with Crippen LogP contribution >= 0.6 is 0 Å². The molecule has 0 spiro atoms. The summed E-state index contributed by atoms with van der Waals surface area (Å²) in [6.45, 7) is 3.46. The molecule has 0 saturated heterocycles. The molecule has 1 N–H and O–H groups in total. The molecule has 0 radical (unpaired) electrons. The highest BCUT2D eigenvalue weighted by atomic mass is 32.2. The Kier molecular flexibility index (Phi) is 5.11. The molecule has 5 heteroatoms. The van der Waals surface area contributed by atoms with Gasteiger partial charge in [0.15, 0.2) is 9.84 Å². The van der Waals surface area contributed by atoms with Crippen LogP contribution < -0.4 is 5.32 Å². The van der Waals surface area contributed by atoms with Crippen LogP contribution in [-0.4, -0.2) is 34.9 Å². The number of benzene rings is 1. The van der Waals surface area contributed by atoms with Crippen LogP contribution in [0.1, 0.15) is 18.5 Å². The Morgan fingerprint density at radius 1 is 1.29 bits per heavy atom. The Hall–Kier alpha value is -0.910. The van der Waals surface area contributed by atoms with E-state index in [2.05, 4.69) is 5.32 Å². The minimum absolute atomic E-state index is 0.179. The zero-order chi connectivity index (χ0) is 12.9. The second-order valence-corrected chi connectivity index (χ2v) is 6.03. The molecule has 0 amide bonds. The highest BCUT2D eigenvalue weighted by Crippen LogP contribution is 2.15. The Balaban J connectivity index is 2.67. The Morgan fingerprint density at radius 2 is 1.88 bits per heavy atom. The standard InChI is InChI=1S/C12H19NO3S/c1-10(13-8-9-16-2)11-4-6-12(7-5-11)17(3,14)15/h4-7,10,13H,8-9H2,1-3H3. The van der Waals surface area contributed by atoms with Crippen molar-refractivity contribution in [2.75, 3.05) is 26.5 Å². The molecule has 1 unspecified atom stereocenters. The number of nitrogens with one attached hydrogen (secondary N) is 1. The van der Waals surface area contributed by atoms with Crippen molar-refractivity contribution < 1.29 is 13.2 Å². The summed E-state index contributed by atoms with van der Waals surface area (Å²) in [6.07, 6.45) is 1.21. The third-order valence-electron chi connectivity index (χ3n) is 2.56. The third kappa shape index (κ3) is 4.46. The van der Waals surface area contributed by atoms with Crippen molar-refractivity contribution in [2.24, 2.45) is 0 Å². The van der Waals surface area contributed by atoms with E-state index in [0.717, 1.165) is 12.1 Å². The zero-order valence-electron chi connectivity index (χ0n) is 10.4. The normalized spacial score (nSPS) is 13.6. The van der Waals surface area contributed by atoms with E-state index in [4.69, 9.17) is 4.74 Å². The van der Waals surface area contributed by atoms with Gasteiger partial charge < -0.3 is 10.1 Å². The summed E-state index contributed by atoms with van der Waals surface area (Å²) >= 11 is 0. The third-order valence-corrected chi connectivity index (χ3v) is 3.69. The van der Waals surface area contributed by atoms with E-state index in [1.165, 1.54) is 6.26 Å². The van der Waals surface area contributed by atoms with Crippen LogP contribution in [0.25, 0.3) is 0 Å². The molecule has 4 nitrogen and oxygen atoms in total. The summed E-state index contributed by atoms with van der Waals surface area (Å²) in [7, 11) is -1.45. The molecule has 17 heavy (non-hydrogen) atoms. The highest BCUT2D eigenvalue weighted by Gasteiger charge is 2.08. The van der Waals surface area contributed by atoms with E-state index in [0.29, 0.717) is 11.5 Å². The Bertz CT molecular complexity index is 439. The van der Waals surface area contributed by atoms with Crippen molar-refractivity contribution in [1.82, 2.24) is 5.32 Å². The molecule has 0 bridgehead atoms. The average Bonchev–Trinajstić information content (AvgIpc) is 2.28. The lowest BCUT2D eigenvalue weighted by molar-refractivity contribution is 0.196. The maximum Gasteiger partial charge on any atom is 0.175 e. The van der Waals surface area contributed by atoms with Gasteiger partial charge >= 0.3 is 0 Å². The van der Waals surface area contributed by atoms with E-state index >= 15 is 0 Å². The van der Waals surface area contributed by atoms with Crippen LogP contribution in [-0.2, 0) is 14.6 Å². The fourth-order valence-electron chi connectivity index (χ4n) is 1.50. The molecule has 1 aromatic rings. The fraction of sp³-hybridized carbons (Fsp3) is 0.500. The molecular formula is C12H19NO3S. The van der Waals surface area contributed by atoms with Gasteiger partial charge in [-0.3, -0.25) is 0 Å². The lowest BCUT2D eigenvalue weighted by Crippen LogP contribution is -2.22. The van der Waals surface area contributed by atoms with Crippen molar-refractivity contribution in [1.29, 1.82) is 0 Å². The summed E-state index contributed by atoms with van der Waals surface area (Å²) < 4.78 is 27.5. The second kappa shape index (κ2) is 6.14. The van der Waals surface area contributed by atoms with Crippen LogP contribution in [0.5, 0.6) is 0 Å². The van der Waals surface area contributed by atoms with Crippen LogP contribution in [0, 0.1) is 0 Å². The van der Waals surface area contributed by atoms with E-state index in [1.54, 1.807) is 19.2 Å². The molecule has 1 aromatic carbocycles. The first-order valence-electron chi connectivity index (χ1n) is 5.47. The topological polar surface area (TPSA) is 55.4 Å². The monoisotopic (exact) mass is 257 g/mol. The molecule has 1 rings (SSSR count). The van der Waals surface area contributed by atoms with Gasteiger partial charge in [0.25, 0.3) is 0 Å². The van der Waals surface area contributed by atoms with Crippen LogP contribution in [0.3, 0.4) is 0 Å². The molecule has 0 aliphatic heterocycles. The van der Waals surface area contributed by atoms with E-state index in [9.17, 15) is 8.42 Å². The summed E-state index contributed by atoms with van der Waals surface area (Å²) in [6, 6.07) is 7.12. The van der Waals surface area contributed by atoms with Crippen LogP contribution in [0.4, 0.5) is 0 Å². The smallest absolute Gasteiger partial charge is 0.175 e. The molecule has 0 aliphatic rings. The molecule has 0 fully saturated rings. The molecule has 96 valence electrons. The minimum Gasteiger partial charge on any atom is -0.383 e. The summed E-state index contributed by atoms with van der Waals surface area (Å²) in [5, 5.41) is 3.28. The van der Waals surface area contributed by atoms with Crippen LogP contribution in [0.15, 0.2) is 29.2 Å². The quantitative estimate of drug-likeness (QED) is 0.782. The lowest BCUT2D eigenvalue weighted by atomic mass is 10.1. The number of hydrogen-bond donors (Lipinski definition) is 1. The van der Waals surface area contributed by atoms with E-state index in [-0.39, 0.29) is 6.04 Å². The first-order valence-corrected chi connectivity index (χ1v) is 7.36. The minimum atomic E-state index is -3.11. The van der Waals surface area contributed by atoms with Crippen LogP contribution in [0.2, 0.25) is 0 Å². The molecule has 0 heterocycles. The number of methoxy groups -OCH3 is 1. The van der Waals surface area contributed by atoms with Crippen molar-refractivity contribution in [2.45, 2.75) is 17.9 Å². The highest BCUT2D eigenvalue weighted by molar-refractivity contribution is 7.90. The predicted molar refractivity (Wildman–Crippen MR) is 67.8 cm³/mol. The van der Waals surface area contributed by atoms with Crippen molar-refractivity contribution in [3.8, 4) is 0 Å². The number of rotatable bonds is 6. The van der Waals surface area contributed by atoms with Gasteiger partial charge in [-0.25, -0.2) is 8.42 Å². The summed E-state index contributed by atoms with van der Waals surface area (Å²) in [4.78, 5) is 0.352. The molecular weight excluding hydrogens is 238 g/mol. The van der Waals surface area contributed by atoms with Gasteiger partial charge in [-0.05, 0) is 24.6 Å². The average molecular weight is 257 g/mol. The predicted octanol–water partition coefficient (Wildman–Crippen LogP) is 1.39. The number of sulfone groups is 1. The van der Waals surface area contributed by atoms with Gasteiger partial charge in [-0.15, -0.1) is 0 Å². The van der Waals surface area contributed by atoms with Crippen molar-refractivity contribution >= 4 is 9.84 Å². The Labute approximate surface area is 103 Å². The van der Waals surface area contributed by atoms with Crippen molar-refractivity contribution in [3.05, 3.63) is 29.8 Å². The van der Waals surface area contributed by atoms with Gasteiger partial charge in [0.1, 0.15) is 0 Å². The van der Waals surface area contributed by atoms with Gasteiger partial charge in [0.2, 0.25) is 0 Å². The van der Waals surface area contributed by atoms with Gasteiger partial charge in [-0.1, -0.05) is 12.1 Å². The van der Waals surface area contributed by atoms with Crippen molar-refractivity contribution in [3.63, 3.8) is 0 Å². The molecule has 0 aromatic heterocycles. The maximum atomic E-state index is 11.3. The number of ether oxygens (including phenoxy) is 1. The van der Waals surface area contributed by atoms with E-state index < -0.39 is 9.84 Å². The second-order valence-electron chi connectivity index (χ2n) is 4.01. The Morgan fingerprint density at radius 3 is 2.35 bits per heavy atom. The maximum absolute atomic E-state index is 11.3. The molecule has 1 atom stereocenters. The summed E-state index contributed by atoms with van der Waals surface area (Å²) in [5.41, 5.74) is 1.06. The van der Waals surface area contributed by atoms with E-state index in [1.807, 2.05) is 19.1 Å².